The number of guanidine groups is 2. The molecule has 0 aliphatic heterocycles. The van der Waals surface area contributed by atoms with Gasteiger partial charge in [-0.2, -0.15) is 9.98 Å². The smallest absolute Gasteiger partial charge is 0.582 e. The number of nitrogens with two attached hydrogens (primary N) is 4. The highest BCUT2D eigenvalue weighted by Crippen LogP contribution is 2.11. The summed E-state index contributed by atoms with van der Waals surface area (Å²) in [5, 5.41) is 0. The molecule has 0 aromatic carbocycles. The van der Waals surface area contributed by atoms with Crippen molar-refractivity contribution in [3.63, 3.8) is 0 Å². The summed E-state index contributed by atoms with van der Waals surface area (Å²) in [5.41, 5.74) is 16.1. The molecule has 0 bridgehead atoms. The second-order valence-corrected chi connectivity index (χ2v) is 4.30. The zero-order valence-corrected chi connectivity index (χ0v) is 12.1. The van der Waals surface area contributed by atoms with Crippen LogP contribution >= 0.6 is 0 Å². The number of aromatic amines is 1. The van der Waals surface area contributed by atoms with E-state index in [0.29, 0.717) is 11.8 Å². The molecule has 0 saturated heterocycles. The number of aliphatic imine (C=N–C) groups is 1. The molecule has 14 nitrogen and oxygen atoms in total. The molecule has 0 fully saturated rings. The van der Waals surface area contributed by atoms with Gasteiger partial charge < -0.3 is 20.6 Å². The van der Waals surface area contributed by atoms with Crippen LogP contribution in [0, 0.1) is 6.92 Å². The predicted octanol–water partition coefficient (Wildman–Crippen LogP) is -6.23. The fraction of sp³-hybridized carbons (Fsp3) is 0.143. The standard InChI is InChI=1S/C7H14N10.H2O4S/c1-3-2-12-7(15-6(9)17-11)14-4(3)13-5(8)16-10;1-5(2,3)4/h2H,10-11H2,1H3,(H6,8,9,12,13,14,15,16,17);(H2,1,2,3,4). The zero-order valence-electron chi connectivity index (χ0n) is 11.3. The number of H-pyrrole nitrogens is 1. The summed E-state index contributed by atoms with van der Waals surface area (Å²) >= 11 is 0. The molecule has 0 saturated carbocycles. The van der Waals surface area contributed by atoms with Gasteiger partial charge in [0.1, 0.15) is 6.20 Å². The van der Waals surface area contributed by atoms with Gasteiger partial charge in [0.05, 0.1) is 10.5 Å². The molecular formula is C7H16N10O4S. The van der Waals surface area contributed by atoms with E-state index in [0.717, 1.165) is 5.56 Å². The SMILES string of the molecule is Cc1c[nH+]c(/[NH+]=C(\N)NN)nc1N=C(N)NN.O=S(=O)([O-])[O-]. The van der Waals surface area contributed by atoms with E-state index in [1.54, 1.807) is 6.20 Å². The van der Waals surface area contributed by atoms with Crippen molar-refractivity contribution < 1.29 is 27.5 Å². The quantitative estimate of drug-likeness (QED) is 0.0666. The lowest BCUT2D eigenvalue weighted by atomic mass is 10.3. The lowest BCUT2D eigenvalue weighted by molar-refractivity contribution is -0.524. The van der Waals surface area contributed by atoms with E-state index in [1.165, 1.54) is 0 Å². The first kappa shape index (κ1) is 19.4. The van der Waals surface area contributed by atoms with E-state index in [2.05, 4.69) is 30.8 Å². The Morgan fingerprint density at radius 2 is 1.91 bits per heavy atom. The maximum atomic E-state index is 8.52. The highest BCUT2D eigenvalue weighted by molar-refractivity contribution is 7.79. The van der Waals surface area contributed by atoms with Crippen molar-refractivity contribution >= 4 is 34.1 Å². The van der Waals surface area contributed by atoms with Gasteiger partial charge in [-0.05, 0) is 6.92 Å². The van der Waals surface area contributed by atoms with E-state index >= 15 is 0 Å². The van der Waals surface area contributed by atoms with E-state index in [1.807, 2.05) is 6.92 Å². The van der Waals surface area contributed by atoms with Crippen LogP contribution in [0.4, 0.5) is 11.8 Å². The highest BCUT2D eigenvalue weighted by Gasteiger charge is 2.18. The average Bonchev–Trinajstić information content (AvgIpc) is 2.40. The highest BCUT2D eigenvalue weighted by atomic mass is 32.3. The third-order valence-electron chi connectivity index (χ3n) is 1.78. The van der Waals surface area contributed by atoms with Gasteiger partial charge in [0.25, 0.3) is 0 Å². The third-order valence-corrected chi connectivity index (χ3v) is 1.78. The van der Waals surface area contributed by atoms with Crippen LogP contribution < -0.4 is 44.0 Å². The van der Waals surface area contributed by atoms with Crippen LogP contribution in [-0.2, 0) is 10.4 Å². The minimum atomic E-state index is -5.17. The van der Waals surface area contributed by atoms with Crippen LogP contribution in [0.25, 0.3) is 0 Å². The Labute approximate surface area is 125 Å². The van der Waals surface area contributed by atoms with Gasteiger partial charge in [0.15, 0.2) is 0 Å². The molecule has 15 heteroatoms. The topological polar surface area (TPSA) is 262 Å². The molecule has 12 N–H and O–H groups in total. The van der Waals surface area contributed by atoms with E-state index < -0.39 is 10.4 Å². The lowest BCUT2D eigenvalue weighted by Crippen LogP contribution is -2.76. The van der Waals surface area contributed by atoms with E-state index in [9.17, 15) is 0 Å². The molecule has 22 heavy (non-hydrogen) atoms. The summed E-state index contributed by atoms with van der Waals surface area (Å²) in [5.74, 6) is 11.1. The van der Waals surface area contributed by atoms with Gasteiger partial charge >= 0.3 is 17.7 Å². The Hall–Kier alpha value is -2.59. The lowest BCUT2D eigenvalue weighted by Gasteiger charge is -2.06. The van der Waals surface area contributed by atoms with E-state index in [4.69, 9.17) is 40.7 Å². The normalized spacial score (nSPS) is 12.2. The maximum absolute atomic E-state index is 8.52. The molecule has 1 aromatic heterocycles. The monoisotopic (exact) mass is 336 g/mol. The molecular weight excluding hydrogens is 320 g/mol. The number of hydrogen-bond acceptors (Lipinski definition) is 8. The van der Waals surface area contributed by atoms with Crippen LogP contribution in [-0.4, -0.2) is 34.4 Å². The molecule has 0 aliphatic rings. The minimum absolute atomic E-state index is 0.0478. The maximum Gasteiger partial charge on any atom is 0.582 e. The van der Waals surface area contributed by atoms with Crippen LogP contribution in [0.5, 0.6) is 0 Å². The molecule has 1 heterocycles. The summed E-state index contributed by atoms with van der Waals surface area (Å²) in [4.78, 5) is 13.6. The zero-order chi connectivity index (χ0) is 17.3. The van der Waals surface area contributed by atoms with E-state index in [-0.39, 0.29) is 11.9 Å². The largest absolute Gasteiger partial charge is 0.759 e. The first-order valence-corrected chi connectivity index (χ1v) is 6.63. The Morgan fingerprint density at radius 3 is 2.36 bits per heavy atom. The molecule has 1 rings (SSSR count). The molecule has 0 unspecified atom stereocenters. The van der Waals surface area contributed by atoms with Gasteiger partial charge in [-0.15, -0.1) is 4.99 Å². The summed E-state index contributed by atoms with van der Waals surface area (Å²) in [6, 6.07) is 0. The van der Waals surface area contributed by atoms with Crippen LogP contribution in [0.15, 0.2) is 11.2 Å². The summed E-state index contributed by atoms with van der Waals surface area (Å²) in [6.07, 6.45) is 1.68. The van der Waals surface area contributed by atoms with Crippen molar-refractivity contribution in [2.75, 3.05) is 0 Å². The molecule has 0 aliphatic carbocycles. The second-order valence-electron chi connectivity index (χ2n) is 3.49. The van der Waals surface area contributed by atoms with Crippen LogP contribution in [0.1, 0.15) is 5.56 Å². The molecule has 124 valence electrons. The first-order chi connectivity index (χ1) is 10.1. The molecule has 0 spiro atoms. The third kappa shape index (κ3) is 9.34. The predicted molar refractivity (Wildman–Crippen MR) is 71.7 cm³/mol. The second kappa shape index (κ2) is 8.64. The van der Waals surface area contributed by atoms with Crippen molar-refractivity contribution in [1.29, 1.82) is 0 Å². The summed E-state index contributed by atoms with van der Waals surface area (Å²) < 4.78 is 34.1. The molecule has 0 radical (unpaired) electrons. The Balaban J connectivity index is 0.000000763. The van der Waals surface area contributed by atoms with Crippen molar-refractivity contribution in [1.82, 2.24) is 15.8 Å². The van der Waals surface area contributed by atoms with Crippen molar-refractivity contribution in [2.24, 2.45) is 28.1 Å². The number of hydrazine groups is 2. The number of aryl methyl sites for hydroxylation is 1. The molecule has 0 amide bonds. The fourth-order valence-corrected chi connectivity index (χ4v) is 0.955. The Bertz CT molecular complexity index is 649. The van der Waals surface area contributed by atoms with Crippen LogP contribution in [0.2, 0.25) is 0 Å². The first-order valence-electron chi connectivity index (χ1n) is 5.29. The van der Waals surface area contributed by atoms with Gasteiger partial charge in [0.2, 0.25) is 5.96 Å². The average molecular weight is 336 g/mol. The van der Waals surface area contributed by atoms with Gasteiger partial charge in [0, 0.05) is 10.4 Å². The number of nitrogens with zero attached hydrogens (tertiary/aromatic N) is 2. The Kier molecular flexibility index (Phi) is 7.63. The fourth-order valence-electron chi connectivity index (χ4n) is 0.955. The molecule has 1 aromatic rings. The van der Waals surface area contributed by atoms with Crippen molar-refractivity contribution in [2.45, 2.75) is 6.92 Å². The number of rotatable bonds is 2. The minimum Gasteiger partial charge on any atom is -0.759 e. The van der Waals surface area contributed by atoms with Gasteiger partial charge in [-0.3, -0.25) is 19.3 Å². The van der Waals surface area contributed by atoms with Gasteiger partial charge in [-0.25, -0.2) is 11.7 Å². The number of nitrogens with one attached hydrogen (secondary N) is 4. The number of hydrogen-bond donors (Lipinski definition) is 7. The van der Waals surface area contributed by atoms with Crippen molar-refractivity contribution in [3.05, 3.63) is 11.8 Å². The molecule has 0 atom stereocenters. The number of aromatic nitrogens is 2. The Morgan fingerprint density at radius 1 is 1.36 bits per heavy atom. The summed E-state index contributed by atoms with van der Waals surface area (Å²) in [7, 11) is -5.17. The van der Waals surface area contributed by atoms with Crippen LogP contribution in [0.3, 0.4) is 0 Å². The van der Waals surface area contributed by atoms with Gasteiger partial charge in [-0.1, -0.05) is 0 Å². The summed E-state index contributed by atoms with van der Waals surface area (Å²) in [6.45, 7) is 1.81. The van der Waals surface area contributed by atoms with Crippen molar-refractivity contribution in [3.8, 4) is 0 Å².